The first-order valence-corrected chi connectivity index (χ1v) is 10.7. The summed E-state index contributed by atoms with van der Waals surface area (Å²) < 4.78 is 29.7. The highest BCUT2D eigenvalue weighted by molar-refractivity contribution is 7.84. The Labute approximate surface area is 157 Å². The molecule has 142 valence electrons. The smallest absolute Gasteiger partial charge is 0.341 e. The maximum absolute atomic E-state index is 15.2. The van der Waals surface area contributed by atoms with Gasteiger partial charge < -0.3 is 14.6 Å². The second-order valence-corrected chi connectivity index (χ2v) is 9.14. The molecule has 2 aliphatic heterocycles. The SMILES string of the molecule is O=C(O)c1cn(C2CC2)c2c3c(c(F)cc2c1=O)N1CCCC1CS(=O)C3. The van der Waals surface area contributed by atoms with E-state index in [0.29, 0.717) is 29.1 Å². The van der Waals surface area contributed by atoms with Gasteiger partial charge in [0.05, 0.1) is 17.0 Å². The molecule has 2 fully saturated rings. The molecule has 0 spiro atoms. The van der Waals surface area contributed by atoms with Crippen LogP contribution in [-0.2, 0) is 16.6 Å². The Morgan fingerprint density at radius 2 is 2.04 bits per heavy atom. The molecule has 0 amide bonds. The number of carboxylic acid groups (broad SMARTS) is 1. The second-order valence-electron chi connectivity index (χ2n) is 7.64. The number of nitrogens with zero attached hydrogens (tertiary/aromatic N) is 2. The summed E-state index contributed by atoms with van der Waals surface area (Å²) in [7, 11) is -1.16. The van der Waals surface area contributed by atoms with Crippen molar-refractivity contribution < 1.29 is 18.5 Å². The first kappa shape index (κ1) is 16.9. The van der Waals surface area contributed by atoms with E-state index in [1.54, 1.807) is 0 Å². The van der Waals surface area contributed by atoms with E-state index >= 15 is 4.39 Å². The van der Waals surface area contributed by atoms with Crippen LogP contribution in [0.2, 0.25) is 0 Å². The largest absolute Gasteiger partial charge is 0.477 e. The molecule has 6 nitrogen and oxygen atoms in total. The maximum Gasteiger partial charge on any atom is 0.341 e. The molecule has 1 aromatic heterocycles. The fraction of sp³-hybridized carbons (Fsp3) is 0.474. The Kier molecular flexibility index (Phi) is 3.69. The molecule has 0 radical (unpaired) electrons. The molecule has 1 saturated carbocycles. The number of hydrogen-bond donors (Lipinski definition) is 1. The number of aromatic carboxylic acids is 1. The standard InChI is InChI=1S/C19H19FN2O4S/c20-15-6-12-16(22(10-3-4-10)7-13(18(12)23)19(24)25)14-9-27(26)8-11-2-1-5-21(11)17(14)15/h6-7,10-11H,1-5,8-9H2,(H,24,25). The van der Waals surface area contributed by atoms with E-state index in [4.69, 9.17) is 0 Å². The number of pyridine rings is 1. The lowest BCUT2D eigenvalue weighted by Crippen LogP contribution is -2.33. The van der Waals surface area contributed by atoms with E-state index in [2.05, 4.69) is 0 Å². The minimum atomic E-state index is -1.31. The monoisotopic (exact) mass is 390 g/mol. The van der Waals surface area contributed by atoms with Crippen LogP contribution in [-0.4, -0.2) is 38.2 Å². The summed E-state index contributed by atoms with van der Waals surface area (Å²) in [5, 5.41) is 9.48. The molecule has 5 rings (SSSR count). The zero-order chi connectivity index (χ0) is 18.9. The molecular formula is C19H19FN2O4S. The molecule has 2 aromatic rings. The second kappa shape index (κ2) is 5.89. The van der Waals surface area contributed by atoms with E-state index in [1.165, 1.54) is 12.3 Å². The highest BCUT2D eigenvalue weighted by Gasteiger charge is 2.36. The number of hydrogen-bond acceptors (Lipinski definition) is 4. The molecule has 1 aromatic carbocycles. The Hall–Kier alpha value is -2.22. The molecule has 0 bridgehead atoms. The summed E-state index contributed by atoms with van der Waals surface area (Å²) in [6.45, 7) is 0.707. The summed E-state index contributed by atoms with van der Waals surface area (Å²) >= 11 is 0. The Morgan fingerprint density at radius 3 is 2.74 bits per heavy atom. The van der Waals surface area contributed by atoms with Crippen LogP contribution in [0.4, 0.5) is 10.1 Å². The summed E-state index contributed by atoms with van der Waals surface area (Å²) in [4.78, 5) is 26.3. The van der Waals surface area contributed by atoms with Crippen LogP contribution in [0.25, 0.3) is 10.9 Å². The summed E-state index contributed by atoms with van der Waals surface area (Å²) in [6, 6.07) is 1.34. The Bertz CT molecular complexity index is 1080. The fourth-order valence-electron chi connectivity index (χ4n) is 4.54. The van der Waals surface area contributed by atoms with Gasteiger partial charge in [-0.25, -0.2) is 9.18 Å². The average molecular weight is 390 g/mol. The summed E-state index contributed by atoms with van der Waals surface area (Å²) in [5.41, 5.74) is 0.581. The third-order valence-corrected chi connectivity index (χ3v) is 7.23. The first-order valence-electron chi connectivity index (χ1n) is 9.21. The van der Waals surface area contributed by atoms with Gasteiger partial charge in [0.25, 0.3) is 0 Å². The van der Waals surface area contributed by atoms with Crippen molar-refractivity contribution in [1.29, 1.82) is 0 Å². The van der Waals surface area contributed by atoms with Crippen molar-refractivity contribution in [1.82, 2.24) is 4.57 Å². The number of carbonyl (C=O) groups is 1. The predicted octanol–water partition coefficient (Wildman–Crippen LogP) is 2.40. The van der Waals surface area contributed by atoms with Gasteiger partial charge in [-0.3, -0.25) is 9.00 Å². The molecular weight excluding hydrogens is 371 g/mol. The van der Waals surface area contributed by atoms with Gasteiger partial charge >= 0.3 is 5.97 Å². The fourth-order valence-corrected chi connectivity index (χ4v) is 6.02. The van der Waals surface area contributed by atoms with Crippen molar-refractivity contribution in [2.45, 2.75) is 43.5 Å². The highest BCUT2D eigenvalue weighted by atomic mass is 32.2. The molecule has 1 N–H and O–H groups in total. The van der Waals surface area contributed by atoms with Gasteiger partial charge in [-0.15, -0.1) is 0 Å². The summed E-state index contributed by atoms with van der Waals surface area (Å²) in [5.74, 6) is -1.15. The van der Waals surface area contributed by atoms with Gasteiger partial charge in [0.1, 0.15) is 11.4 Å². The molecule has 3 heterocycles. The van der Waals surface area contributed by atoms with E-state index in [9.17, 15) is 18.9 Å². The number of carboxylic acids is 1. The molecule has 1 saturated heterocycles. The Balaban J connectivity index is 1.90. The zero-order valence-corrected chi connectivity index (χ0v) is 15.4. The lowest BCUT2D eigenvalue weighted by atomic mass is 10.0. The highest BCUT2D eigenvalue weighted by Crippen LogP contribution is 2.43. The first-order chi connectivity index (χ1) is 13.0. The molecule has 3 aliphatic rings. The van der Waals surface area contributed by atoms with Crippen LogP contribution in [0.5, 0.6) is 0 Å². The maximum atomic E-state index is 15.2. The van der Waals surface area contributed by atoms with Crippen LogP contribution in [0.3, 0.4) is 0 Å². The third-order valence-electron chi connectivity index (χ3n) is 5.86. The number of benzene rings is 1. The van der Waals surface area contributed by atoms with Gasteiger partial charge in [-0.2, -0.15) is 0 Å². The number of halogens is 1. The van der Waals surface area contributed by atoms with E-state index in [1.807, 2.05) is 9.47 Å². The van der Waals surface area contributed by atoms with Crippen LogP contribution in [0.1, 0.15) is 47.6 Å². The minimum Gasteiger partial charge on any atom is -0.477 e. The topological polar surface area (TPSA) is 79.6 Å². The van der Waals surface area contributed by atoms with Gasteiger partial charge in [-0.1, -0.05) is 0 Å². The third kappa shape index (κ3) is 2.53. The molecule has 2 unspecified atom stereocenters. The normalized spacial score (nSPS) is 24.6. The lowest BCUT2D eigenvalue weighted by Gasteiger charge is -2.27. The van der Waals surface area contributed by atoms with Crippen molar-refractivity contribution in [2.24, 2.45) is 0 Å². The van der Waals surface area contributed by atoms with E-state index < -0.39 is 28.0 Å². The number of fused-ring (bicyclic) bond motifs is 5. The quantitative estimate of drug-likeness (QED) is 0.852. The minimum absolute atomic E-state index is 0.0541. The zero-order valence-electron chi connectivity index (χ0n) is 14.6. The predicted molar refractivity (Wildman–Crippen MR) is 100 cm³/mol. The van der Waals surface area contributed by atoms with Crippen molar-refractivity contribution in [3.63, 3.8) is 0 Å². The summed E-state index contributed by atoms with van der Waals surface area (Å²) in [6.07, 6.45) is 4.97. The number of aromatic nitrogens is 1. The Morgan fingerprint density at radius 1 is 1.26 bits per heavy atom. The van der Waals surface area contributed by atoms with E-state index in [-0.39, 0.29) is 28.8 Å². The molecule has 1 aliphatic carbocycles. The van der Waals surface area contributed by atoms with Crippen molar-refractivity contribution in [3.8, 4) is 0 Å². The van der Waals surface area contributed by atoms with Crippen molar-refractivity contribution in [2.75, 3.05) is 17.2 Å². The van der Waals surface area contributed by atoms with Crippen LogP contribution >= 0.6 is 0 Å². The number of rotatable bonds is 2. The van der Waals surface area contributed by atoms with Crippen molar-refractivity contribution in [3.05, 3.63) is 39.4 Å². The number of anilines is 1. The van der Waals surface area contributed by atoms with E-state index in [0.717, 1.165) is 25.7 Å². The van der Waals surface area contributed by atoms with Crippen molar-refractivity contribution >= 4 is 33.4 Å². The molecule has 27 heavy (non-hydrogen) atoms. The molecule has 8 heteroatoms. The van der Waals surface area contributed by atoms with Crippen LogP contribution in [0, 0.1) is 5.82 Å². The lowest BCUT2D eigenvalue weighted by molar-refractivity contribution is 0.0695. The van der Waals surface area contributed by atoms with Gasteiger partial charge in [0.2, 0.25) is 5.43 Å². The molecule has 2 atom stereocenters. The van der Waals surface area contributed by atoms with Crippen LogP contribution in [0.15, 0.2) is 17.1 Å². The average Bonchev–Trinajstić information content (AvgIpc) is 3.38. The van der Waals surface area contributed by atoms with Gasteiger partial charge in [0, 0.05) is 52.3 Å². The van der Waals surface area contributed by atoms with Gasteiger partial charge in [-0.05, 0) is 31.7 Å². The van der Waals surface area contributed by atoms with Crippen LogP contribution < -0.4 is 10.3 Å². The van der Waals surface area contributed by atoms with Gasteiger partial charge in [0.15, 0.2) is 0 Å².